The average molecular weight is 293 g/mol. The molecule has 0 aliphatic heterocycles. The van der Waals surface area contributed by atoms with Crippen molar-refractivity contribution in [3.8, 4) is 0 Å². The fourth-order valence-electron chi connectivity index (χ4n) is 2.73. The van der Waals surface area contributed by atoms with Gasteiger partial charge in [0, 0.05) is 6.04 Å². The molecule has 1 N–H and O–H groups in total. The molecule has 0 aliphatic rings. The predicted molar refractivity (Wildman–Crippen MR) is 90.0 cm³/mol. The van der Waals surface area contributed by atoms with E-state index < -0.39 is 0 Å². The topological polar surface area (TPSA) is 12.0 Å². The lowest BCUT2D eigenvalue weighted by Gasteiger charge is -2.19. The van der Waals surface area contributed by atoms with Gasteiger partial charge in [0.05, 0.1) is 0 Å². The van der Waals surface area contributed by atoms with E-state index in [0.717, 1.165) is 24.9 Å². The molecule has 1 aromatic rings. The van der Waals surface area contributed by atoms with Crippen LogP contribution in [0.25, 0.3) is 0 Å². The van der Waals surface area contributed by atoms with E-state index in [2.05, 4.69) is 19.2 Å². The van der Waals surface area contributed by atoms with Gasteiger partial charge in [-0.15, -0.1) is 0 Å². The average Bonchev–Trinajstić information content (AvgIpc) is 2.49. The van der Waals surface area contributed by atoms with Crippen LogP contribution in [-0.4, -0.2) is 6.54 Å². The fraction of sp³-hybridized carbons (Fsp3) is 0.684. The Morgan fingerprint density at radius 2 is 1.67 bits per heavy atom. The van der Waals surface area contributed by atoms with Crippen LogP contribution in [0.4, 0.5) is 4.39 Å². The smallest absolute Gasteiger partial charge is 0.123 e. The maximum atomic E-state index is 13.4. The van der Waals surface area contributed by atoms with Crippen LogP contribution >= 0.6 is 0 Å². The highest BCUT2D eigenvalue weighted by Crippen LogP contribution is 2.21. The van der Waals surface area contributed by atoms with Crippen molar-refractivity contribution >= 4 is 0 Å². The van der Waals surface area contributed by atoms with E-state index >= 15 is 0 Å². The summed E-state index contributed by atoms with van der Waals surface area (Å²) >= 11 is 0. The lowest BCUT2D eigenvalue weighted by atomic mass is 9.99. The van der Waals surface area contributed by atoms with Gasteiger partial charge in [-0.2, -0.15) is 0 Å². The van der Waals surface area contributed by atoms with Gasteiger partial charge in [0.1, 0.15) is 5.82 Å². The summed E-state index contributed by atoms with van der Waals surface area (Å²) in [5.74, 6) is -0.129. The molecule has 2 heteroatoms. The minimum Gasteiger partial charge on any atom is -0.310 e. The zero-order valence-electron chi connectivity index (χ0n) is 13.8. The number of nitrogens with one attached hydrogen (secondary N) is 1. The molecule has 0 amide bonds. The second-order valence-corrected chi connectivity index (χ2v) is 5.97. The Kier molecular flexibility index (Phi) is 10.1. The van der Waals surface area contributed by atoms with Crippen molar-refractivity contribution in [2.45, 2.75) is 77.7 Å². The first-order valence-corrected chi connectivity index (χ1v) is 8.76. The number of rotatable bonds is 12. The first-order chi connectivity index (χ1) is 10.3. The van der Waals surface area contributed by atoms with Crippen LogP contribution in [0.3, 0.4) is 0 Å². The predicted octanol–water partition coefficient (Wildman–Crippen LogP) is 6.01. The van der Waals surface area contributed by atoms with Crippen molar-refractivity contribution in [1.29, 1.82) is 0 Å². The third-order valence-electron chi connectivity index (χ3n) is 3.99. The Bertz CT molecular complexity index is 364. The Labute approximate surface area is 130 Å². The molecule has 0 radical (unpaired) electrons. The largest absolute Gasteiger partial charge is 0.310 e. The van der Waals surface area contributed by atoms with E-state index in [-0.39, 0.29) is 5.82 Å². The van der Waals surface area contributed by atoms with Crippen LogP contribution < -0.4 is 5.32 Å². The van der Waals surface area contributed by atoms with Gasteiger partial charge in [0.15, 0.2) is 0 Å². The van der Waals surface area contributed by atoms with Crippen LogP contribution in [0.1, 0.15) is 83.2 Å². The third kappa shape index (κ3) is 8.21. The van der Waals surface area contributed by atoms with Gasteiger partial charge < -0.3 is 5.32 Å². The van der Waals surface area contributed by atoms with Crippen molar-refractivity contribution in [2.75, 3.05) is 6.54 Å². The van der Waals surface area contributed by atoms with Gasteiger partial charge in [0.25, 0.3) is 0 Å². The van der Waals surface area contributed by atoms with Crippen molar-refractivity contribution in [3.05, 3.63) is 35.6 Å². The third-order valence-corrected chi connectivity index (χ3v) is 3.99. The normalized spacial score (nSPS) is 12.5. The molecular formula is C19H32FN. The van der Waals surface area contributed by atoms with E-state index in [1.54, 1.807) is 6.07 Å². The lowest BCUT2D eigenvalue weighted by molar-refractivity contribution is 0.463. The molecule has 1 atom stereocenters. The van der Waals surface area contributed by atoms with Crippen molar-refractivity contribution in [2.24, 2.45) is 0 Å². The zero-order chi connectivity index (χ0) is 15.3. The number of benzene rings is 1. The molecule has 0 fully saturated rings. The Morgan fingerprint density at radius 3 is 2.33 bits per heavy atom. The van der Waals surface area contributed by atoms with E-state index in [4.69, 9.17) is 0 Å². The van der Waals surface area contributed by atoms with E-state index in [1.807, 2.05) is 12.1 Å². The molecule has 1 rings (SSSR count). The van der Waals surface area contributed by atoms with Gasteiger partial charge >= 0.3 is 0 Å². The number of halogens is 1. The van der Waals surface area contributed by atoms with Gasteiger partial charge in [-0.1, -0.05) is 70.9 Å². The first kappa shape index (κ1) is 18.2. The van der Waals surface area contributed by atoms with Crippen molar-refractivity contribution in [1.82, 2.24) is 5.32 Å². The summed E-state index contributed by atoms with van der Waals surface area (Å²) in [4.78, 5) is 0. The molecule has 0 saturated heterocycles. The molecule has 0 saturated carbocycles. The maximum Gasteiger partial charge on any atom is 0.123 e. The number of hydrogen-bond donors (Lipinski definition) is 1. The summed E-state index contributed by atoms with van der Waals surface area (Å²) in [5, 5.41) is 3.56. The van der Waals surface area contributed by atoms with Crippen LogP contribution in [-0.2, 0) is 0 Å². The van der Waals surface area contributed by atoms with Crippen LogP contribution in [0.15, 0.2) is 24.3 Å². The highest BCUT2D eigenvalue weighted by Gasteiger charge is 2.10. The van der Waals surface area contributed by atoms with E-state index in [0.29, 0.717) is 6.04 Å². The highest BCUT2D eigenvalue weighted by molar-refractivity contribution is 5.20. The maximum absolute atomic E-state index is 13.4. The molecular weight excluding hydrogens is 261 g/mol. The van der Waals surface area contributed by atoms with Gasteiger partial charge in [0.2, 0.25) is 0 Å². The summed E-state index contributed by atoms with van der Waals surface area (Å²) in [6.45, 7) is 5.42. The standard InChI is InChI=1S/C19H32FN/c1-3-5-6-7-8-9-10-14-19(21-15-4-2)17-12-11-13-18(20)16-17/h11-13,16,19,21H,3-10,14-15H2,1-2H3. The minimum absolute atomic E-state index is 0.129. The Hall–Kier alpha value is -0.890. The molecule has 1 nitrogen and oxygen atoms in total. The molecule has 0 aromatic heterocycles. The Balaban J connectivity index is 2.33. The summed E-state index contributed by atoms with van der Waals surface area (Å²) in [6.07, 6.45) is 11.5. The second kappa shape index (κ2) is 11.7. The van der Waals surface area contributed by atoms with Crippen molar-refractivity contribution < 1.29 is 4.39 Å². The lowest BCUT2D eigenvalue weighted by Crippen LogP contribution is -2.22. The quantitative estimate of drug-likeness (QED) is 0.465. The van der Waals surface area contributed by atoms with Gasteiger partial charge in [-0.05, 0) is 37.1 Å². The van der Waals surface area contributed by atoms with Crippen LogP contribution in [0.2, 0.25) is 0 Å². The van der Waals surface area contributed by atoms with E-state index in [9.17, 15) is 4.39 Å². The second-order valence-electron chi connectivity index (χ2n) is 5.97. The fourth-order valence-corrected chi connectivity index (χ4v) is 2.73. The van der Waals surface area contributed by atoms with Crippen LogP contribution in [0.5, 0.6) is 0 Å². The number of hydrogen-bond acceptors (Lipinski definition) is 1. The molecule has 21 heavy (non-hydrogen) atoms. The molecule has 0 spiro atoms. The monoisotopic (exact) mass is 293 g/mol. The molecule has 120 valence electrons. The number of unbranched alkanes of at least 4 members (excludes halogenated alkanes) is 6. The molecule has 0 aliphatic carbocycles. The summed E-state index contributed by atoms with van der Waals surface area (Å²) < 4.78 is 13.4. The van der Waals surface area contributed by atoms with Gasteiger partial charge in [-0.3, -0.25) is 0 Å². The van der Waals surface area contributed by atoms with Gasteiger partial charge in [-0.25, -0.2) is 4.39 Å². The van der Waals surface area contributed by atoms with Crippen molar-refractivity contribution in [3.63, 3.8) is 0 Å². The zero-order valence-corrected chi connectivity index (χ0v) is 13.8. The van der Waals surface area contributed by atoms with Crippen LogP contribution in [0, 0.1) is 5.82 Å². The summed E-state index contributed by atoms with van der Waals surface area (Å²) in [6, 6.07) is 7.35. The first-order valence-electron chi connectivity index (χ1n) is 8.76. The van der Waals surface area contributed by atoms with E-state index in [1.165, 1.54) is 51.0 Å². The SMILES string of the molecule is CCCCCCCCCC(NCCC)c1cccc(F)c1. The molecule has 1 unspecified atom stereocenters. The molecule has 1 aromatic carbocycles. The summed E-state index contributed by atoms with van der Waals surface area (Å²) in [7, 11) is 0. The Morgan fingerprint density at radius 1 is 0.952 bits per heavy atom. The minimum atomic E-state index is -0.129. The molecule has 0 heterocycles. The summed E-state index contributed by atoms with van der Waals surface area (Å²) in [5.41, 5.74) is 1.09. The molecule has 0 bridgehead atoms. The highest BCUT2D eigenvalue weighted by atomic mass is 19.1.